The predicted octanol–water partition coefficient (Wildman–Crippen LogP) is 5.01. The summed E-state index contributed by atoms with van der Waals surface area (Å²) in [5.74, 6) is -0.390. The SMILES string of the molecule is O=C(CCBr)c1cccc(CCl)c1SC(F)(F)F. The molecule has 0 aliphatic rings. The van der Waals surface area contributed by atoms with Crippen LogP contribution in [-0.2, 0) is 5.88 Å². The molecular weight excluding hydrogens is 353 g/mol. The Hall–Kier alpha value is -0.200. The third kappa shape index (κ3) is 4.48. The van der Waals surface area contributed by atoms with Crippen LogP contribution in [0.2, 0.25) is 0 Å². The fourth-order valence-corrected chi connectivity index (χ4v) is 2.82. The fraction of sp³-hybridized carbons (Fsp3) is 0.364. The number of carbonyl (C=O) groups excluding carboxylic acids is 1. The van der Waals surface area contributed by atoms with Gasteiger partial charge in [-0.25, -0.2) is 0 Å². The van der Waals surface area contributed by atoms with Crippen molar-refractivity contribution in [2.75, 3.05) is 5.33 Å². The van der Waals surface area contributed by atoms with Crippen molar-refractivity contribution < 1.29 is 18.0 Å². The molecule has 100 valence electrons. The Labute approximate surface area is 120 Å². The van der Waals surface area contributed by atoms with Gasteiger partial charge in [0.05, 0.1) is 0 Å². The Morgan fingerprint density at radius 1 is 1.39 bits per heavy atom. The van der Waals surface area contributed by atoms with Crippen LogP contribution in [0.3, 0.4) is 0 Å². The molecule has 0 N–H and O–H groups in total. The number of benzene rings is 1. The highest BCUT2D eigenvalue weighted by atomic mass is 79.9. The van der Waals surface area contributed by atoms with E-state index in [1.807, 2.05) is 0 Å². The molecule has 7 heteroatoms. The van der Waals surface area contributed by atoms with E-state index in [9.17, 15) is 18.0 Å². The first-order chi connectivity index (χ1) is 8.39. The third-order valence-corrected chi connectivity index (χ3v) is 3.68. The van der Waals surface area contributed by atoms with Crippen LogP contribution >= 0.6 is 39.3 Å². The van der Waals surface area contributed by atoms with E-state index in [2.05, 4.69) is 15.9 Å². The molecule has 0 unspecified atom stereocenters. The first kappa shape index (κ1) is 15.9. The van der Waals surface area contributed by atoms with Crippen LogP contribution in [0.5, 0.6) is 0 Å². The average molecular weight is 362 g/mol. The van der Waals surface area contributed by atoms with Gasteiger partial charge in [-0.15, -0.1) is 11.6 Å². The molecule has 1 aromatic rings. The lowest BCUT2D eigenvalue weighted by Crippen LogP contribution is -2.08. The average Bonchev–Trinajstić information content (AvgIpc) is 2.27. The van der Waals surface area contributed by atoms with Crippen LogP contribution in [0.4, 0.5) is 13.2 Å². The number of carbonyl (C=O) groups is 1. The summed E-state index contributed by atoms with van der Waals surface area (Å²) in [6.07, 6.45) is 0.150. The summed E-state index contributed by atoms with van der Waals surface area (Å²) in [4.78, 5) is 11.7. The highest BCUT2D eigenvalue weighted by Crippen LogP contribution is 2.41. The summed E-state index contributed by atoms with van der Waals surface area (Å²) in [6, 6.07) is 4.43. The number of halogens is 5. The lowest BCUT2D eigenvalue weighted by Gasteiger charge is -2.13. The van der Waals surface area contributed by atoms with Crippen LogP contribution in [0.25, 0.3) is 0 Å². The van der Waals surface area contributed by atoms with E-state index >= 15 is 0 Å². The van der Waals surface area contributed by atoms with Crippen LogP contribution in [0, 0.1) is 0 Å². The van der Waals surface area contributed by atoms with Gasteiger partial charge >= 0.3 is 5.51 Å². The van der Waals surface area contributed by atoms with E-state index in [0.717, 1.165) is 0 Å². The zero-order chi connectivity index (χ0) is 13.8. The summed E-state index contributed by atoms with van der Waals surface area (Å²) < 4.78 is 37.5. The van der Waals surface area contributed by atoms with Crippen molar-refractivity contribution in [1.82, 2.24) is 0 Å². The lowest BCUT2D eigenvalue weighted by molar-refractivity contribution is -0.0328. The molecule has 0 amide bonds. The van der Waals surface area contributed by atoms with Gasteiger partial charge in [0, 0.05) is 28.1 Å². The van der Waals surface area contributed by atoms with E-state index < -0.39 is 5.51 Å². The van der Waals surface area contributed by atoms with Gasteiger partial charge in [0.25, 0.3) is 0 Å². The maximum Gasteiger partial charge on any atom is 0.446 e. The van der Waals surface area contributed by atoms with Gasteiger partial charge in [0.1, 0.15) is 0 Å². The second-order valence-corrected chi connectivity index (χ2v) is 5.47. The monoisotopic (exact) mass is 360 g/mol. The normalized spacial score (nSPS) is 11.6. The molecule has 0 aromatic heterocycles. The van der Waals surface area contributed by atoms with Crippen molar-refractivity contribution in [3.63, 3.8) is 0 Å². The topological polar surface area (TPSA) is 17.1 Å². The largest absolute Gasteiger partial charge is 0.446 e. The van der Waals surface area contributed by atoms with Crippen molar-refractivity contribution in [2.24, 2.45) is 0 Å². The minimum Gasteiger partial charge on any atom is -0.294 e. The van der Waals surface area contributed by atoms with Gasteiger partial charge < -0.3 is 0 Å². The molecule has 0 aliphatic carbocycles. The van der Waals surface area contributed by atoms with Gasteiger partial charge in [0.15, 0.2) is 5.78 Å². The minimum atomic E-state index is -4.44. The van der Waals surface area contributed by atoms with Gasteiger partial charge in [0.2, 0.25) is 0 Å². The van der Waals surface area contributed by atoms with Gasteiger partial charge in [-0.2, -0.15) is 13.2 Å². The number of thioether (sulfide) groups is 1. The Balaban J connectivity index is 3.20. The van der Waals surface area contributed by atoms with Crippen molar-refractivity contribution in [3.8, 4) is 0 Å². The molecule has 1 aromatic carbocycles. The summed E-state index contributed by atoms with van der Waals surface area (Å²) in [5, 5.41) is 0.410. The van der Waals surface area contributed by atoms with Crippen LogP contribution in [-0.4, -0.2) is 16.6 Å². The van der Waals surface area contributed by atoms with E-state index in [1.54, 1.807) is 6.07 Å². The van der Waals surface area contributed by atoms with Crippen molar-refractivity contribution >= 4 is 45.1 Å². The minimum absolute atomic E-state index is 0.0617. The number of hydrogen-bond donors (Lipinski definition) is 0. The quantitative estimate of drug-likeness (QED) is 0.417. The van der Waals surface area contributed by atoms with Crippen LogP contribution in [0.15, 0.2) is 23.1 Å². The Morgan fingerprint density at radius 2 is 2.06 bits per heavy atom. The van der Waals surface area contributed by atoms with Crippen molar-refractivity contribution in [1.29, 1.82) is 0 Å². The second-order valence-electron chi connectivity index (χ2n) is 3.34. The molecule has 0 radical (unpaired) electrons. The molecule has 0 saturated carbocycles. The van der Waals surface area contributed by atoms with Gasteiger partial charge in [-0.3, -0.25) is 4.79 Å². The fourth-order valence-electron chi connectivity index (χ4n) is 1.37. The molecule has 0 fully saturated rings. The molecule has 0 spiro atoms. The molecule has 0 bridgehead atoms. The first-order valence-electron chi connectivity index (χ1n) is 4.91. The van der Waals surface area contributed by atoms with Gasteiger partial charge in [-0.1, -0.05) is 34.1 Å². The van der Waals surface area contributed by atoms with Crippen molar-refractivity contribution in [3.05, 3.63) is 29.3 Å². The highest BCUT2D eigenvalue weighted by Gasteiger charge is 2.32. The molecular formula is C11H9BrClF3OS. The molecule has 1 nitrogen and oxygen atoms in total. The maximum absolute atomic E-state index is 12.5. The molecule has 1 rings (SSSR count). The summed E-state index contributed by atoms with van der Waals surface area (Å²) in [7, 11) is 0. The van der Waals surface area contributed by atoms with E-state index in [4.69, 9.17) is 11.6 Å². The number of hydrogen-bond acceptors (Lipinski definition) is 2. The molecule has 0 aliphatic heterocycles. The Kier molecular flexibility index (Phi) is 6.01. The smallest absolute Gasteiger partial charge is 0.294 e. The zero-order valence-corrected chi connectivity index (χ0v) is 12.2. The van der Waals surface area contributed by atoms with Gasteiger partial charge in [-0.05, 0) is 17.3 Å². The second kappa shape index (κ2) is 6.82. The number of Topliss-reactive ketones (excluding diaryl/α,β-unsaturated/α-hetero) is 1. The Morgan fingerprint density at radius 3 is 2.56 bits per heavy atom. The van der Waals surface area contributed by atoms with E-state index in [1.165, 1.54) is 12.1 Å². The van der Waals surface area contributed by atoms with Crippen molar-refractivity contribution in [2.45, 2.75) is 22.7 Å². The number of ketones is 1. The number of rotatable bonds is 5. The maximum atomic E-state index is 12.5. The third-order valence-electron chi connectivity index (χ3n) is 2.08. The van der Waals surface area contributed by atoms with Crippen LogP contribution < -0.4 is 0 Å². The molecule has 0 atom stereocenters. The summed E-state index contributed by atoms with van der Waals surface area (Å²) in [6.45, 7) is 0. The van der Waals surface area contributed by atoms with E-state index in [0.29, 0.717) is 10.9 Å². The number of alkyl halides is 5. The standard InChI is InChI=1S/C11H9BrClF3OS/c12-5-4-9(17)8-3-1-2-7(6-13)10(8)18-11(14,15)16/h1-3H,4-6H2. The molecule has 0 saturated heterocycles. The first-order valence-corrected chi connectivity index (χ1v) is 7.39. The molecule has 0 heterocycles. The predicted molar refractivity (Wildman–Crippen MR) is 70.7 cm³/mol. The van der Waals surface area contributed by atoms with E-state index in [-0.39, 0.29) is 40.3 Å². The summed E-state index contributed by atoms with van der Waals surface area (Å²) >= 11 is 8.42. The lowest BCUT2D eigenvalue weighted by atomic mass is 10.1. The Bertz CT molecular complexity index is 437. The summed E-state index contributed by atoms with van der Waals surface area (Å²) in [5.41, 5.74) is -4.04. The highest BCUT2D eigenvalue weighted by molar-refractivity contribution is 9.09. The molecule has 18 heavy (non-hydrogen) atoms. The van der Waals surface area contributed by atoms with Crippen LogP contribution in [0.1, 0.15) is 22.3 Å². The zero-order valence-electron chi connectivity index (χ0n) is 9.06.